The van der Waals surface area contributed by atoms with Crippen LogP contribution in [0.5, 0.6) is 0 Å². The zero-order valence-electron chi connectivity index (χ0n) is 10.2. The molecule has 98 valence electrons. The first-order chi connectivity index (χ1) is 8.97. The number of para-hydroxylation sites is 1. The van der Waals surface area contributed by atoms with Crippen molar-refractivity contribution in [1.29, 1.82) is 0 Å². The first-order valence-electron chi connectivity index (χ1n) is 5.54. The molecule has 0 fully saturated rings. The number of hydrogen-bond acceptors (Lipinski definition) is 4. The molecule has 0 spiro atoms. The van der Waals surface area contributed by atoms with Gasteiger partial charge in [-0.3, -0.25) is 10.1 Å². The molecule has 0 aliphatic rings. The van der Waals surface area contributed by atoms with Crippen molar-refractivity contribution in [2.24, 2.45) is 0 Å². The van der Waals surface area contributed by atoms with Gasteiger partial charge in [0.1, 0.15) is 11.4 Å². The maximum Gasteiger partial charge on any atom is 0.315 e. The van der Waals surface area contributed by atoms with Gasteiger partial charge in [0.15, 0.2) is 0 Å². The number of nitro groups is 1. The Kier molecular flexibility index (Phi) is 3.71. The lowest BCUT2D eigenvalue weighted by Gasteiger charge is -2.09. The summed E-state index contributed by atoms with van der Waals surface area (Å²) in [5.74, 6) is 0. The first-order valence-corrected chi connectivity index (χ1v) is 6.34. The number of aryl methyl sites for hydroxylation is 1. The lowest BCUT2D eigenvalue weighted by molar-refractivity contribution is -0.383. The molecule has 2 rings (SSSR count). The monoisotopic (exact) mass is 321 g/mol. The summed E-state index contributed by atoms with van der Waals surface area (Å²) in [5.41, 5.74) is 7.86. The number of nitrogens with one attached hydrogen (secondary N) is 1. The number of benzene rings is 2. The van der Waals surface area contributed by atoms with Crippen LogP contribution in [0.15, 0.2) is 40.9 Å². The van der Waals surface area contributed by atoms with Crippen LogP contribution in [0.2, 0.25) is 0 Å². The van der Waals surface area contributed by atoms with Crippen LogP contribution in [0, 0.1) is 17.0 Å². The van der Waals surface area contributed by atoms with E-state index in [-0.39, 0.29) is 11.4 Å². The van der Waals surface area contributed by atoms with E-state index in [1.54, 1.807) is 12.1 Å². The van der Waals surface area contributed by atoms with Gasteiger partial charge < -0.3 is 11.1 Å². The van der Waals surface area contributed by atoms with E-state index in [0.29, 0.717) is 5.69 Å². The number of anilines is 3. The summed E-state index contributed by atoms with van der Waals surface area (Å²) < 4.78 is 0.904. The zero-order valence-corrected chi connectivity index (χ0v) is 11.8. The number of nitrogens with two attached hydrogens (primary N) is 1. The molecule has 0 amide bonds. The smallest absolute Gasteiger partial charge is 0.315 e. The van der Waals surface area contributed by atoms with E-state index < -0.39 is 4.92 Å². The van der Waals surface area contributed by atoms with Gasteiger partial charge in [-0.15, -0.1) is 0 Å². The van der Waals surface area contributed by atoms with Gasteiger partial charge in [-0.1, -0.05) is 22.0 Å². The van der Waals surface area contributed by atoms with Crippen molar-refractivity contribution >= 4 is 38.7 Å². The molecule has 0 aliphatic heterocycles. The second kappa shape index (κ2) is 5.27. The average molecular weight is 322 g/mol. The van der Waals surface area contributed by atoms with Crippen LogP contribution in [0.25, 0.3) is 0 Å². The van der Waals surface area contributed by atoms with E-state index in [2.05, 4.69) is 21.2 Å². The number of hydrogen-bond donors (Lipinski definition) is 2. The summed E-state index contributed by atoms with van der Waals surface area (Å²) in [5, 5.41) is 14.1. The van der Waals surface area contributed by atoms with Crippen molar-refractivity contribution in [3.05, 3.63) is 56.5 Å². The van der Waals surface area contributed by atoms with Crippen molar-refractivity contribution in [2.75, 3.05) is 11.1 Å². The standard InChI is InChI=1S/C13H12BrN3O2/c1-8-5-9(14)7-10(6-8)16-12-4-2-3-11(15)13(12)17(18)19/h2-7,16H,15H2,1H3. The van der Waals surface area contributed by atoms with Crippen molar-refractivity contribution in [2.45, 2.75) is 6.92 Å². The Morgan fingerprint density at radius 2 is 2.05 bits per heavy atom. The summed E-state index contributed by atoms with van der Waals surface area (Å²) in [7, 11) is 0. The second-order valence-corrected chi connectivity index (χ2v) is 5.06. The van der Waals surface area contributed by atoms with Crippen molar-refractivity contribution < 1.29 is 4.92 Å². The van der Waals surface area contributed by atoms with Crippen LogP contribution in [0.3, 0.4) is 0 Å². The molecule has 0 heterocycles. The second-order valence-electron chi connectivity index (χ2n) is 4.14. The van der Waals surface area contributed by atoms with E-state index in [9.17, 15) is 10.1 Å². The molecule has 0 radical (unpaired) electrons. The van der Waals surface area contributed by atoms with Crippen molar-refractivity contribution in [3.8, 4) is 0 Å². The van der Waals surface area contributed by atoms with Crippen LogP contribution in [0.4, 0.5) is 22.7 Å². The van der Waals surface area contributed by atoms with Crippen molar-refractivity contribution in [3.63, 3.8) is 0 Å². The Bertz CT molecular complexity index is 624. The van der Waals surface area contributed by atoms with Gasteiger partial charge in [0, 0.05) is 10.2 Å². The molecule has 0 unspecified atom stereocenters. The lowest BCUT2D eigenvalue weighted by Crippen LogP contribution is -2.01. The molecule has 2 aromatic carbocycles. The Balaban J connectivity index is 2.43. The Labute approximate surface area is 118 Å². The fourth-order valence-electron chi connectivity index (χ4n) is 1.83. The van der Waals surface area contributed by atoms with E-state index in [1.165, 1.54) is 6.07 Å². The largest absolute Gasteiger partial charge is 0.393 e. The van der Waals surface area contributed by atoms with Gasteiger partial charge in [-0.25, -0.2) is 0 Å². The van der Waals surface area contributed by atoms with Gasteiger partial charge in [-0.05, 0) is 42.8 Å². The number of nitrogen functional groups attached to an aromatic ring is 1. The molecule has 2 aromatic rings. The molecule has 0 aliphatic carbocycles. The molecule has 0 bridgehead atoms. The fraction of sp³-hybridized carbons (Fsp3) is 0.0769. The van der Waals surface area contributed by atoms with Crippen LogP contribution in [0.1, 0.15) is 5.56 Å². The zero-order chi connectivity index (χ0) is 14.0. The summed E-state index contributed by atoms with van der Waals surface area (Å²) >= 11 is 3.39. The van der Waals surface area contributed by atoms with Gasteiger partial charge in [0.25, 0.3) is 0 Å². The van der Waals surface area contributed by atoms with E-state index in [1.807, 2.05) is 25.1 Å². The quantitative estimate of drug-likeness (QED) is 0.508. The van der Waals surface area contributed by atoms with Gasteiger partial charge in [0.2, 0.25) is 0 Å². The minimum Gasteiger partial charge on any atom is -0.393 e. The van der Waals surface area contributed by atoms with Gasteiger partial charge in [-0.2, -0.15) is 0 Å². The highest BCUT2D eigenvalue weighted by molar-refractivity contribution is 9.10. The molecule has 6 heteroatoms. The third-order valence-corrected chi connectivity index (χ3v) is 3.03. The van der Waals surface area contributed by atoms with E-state index in [4.69, 9.17) is 5.73 Å². The normalized spacial score (nSPS) is 10.2. The van der Waals surface area contributed by atoms with Crippen molar-refractivity contribution in [1.82, 2.24) is 0 Å². The summed E-state index contributed by atoms with van der Waals surface area (Å²) in [6.45, 7) is 1.95. The number of rotatable bonds is 3. The minimum absolute atomic E-state index is 0.111. The number of halogens is 1. The Morgan fingerprint density at radius 3 is 2.68 bits per heavy atom. The summed E-state index contributed by atoms with van der Waals surface area (Å²) in [6.07, 6.45) is 0. The maximum absolute atomic E-state index is 11.0. The first kappa shape index (κ1) is 13.4. The molecular weight excluding hydrogens is 310 g/mol. The topological polar surface area (TPSA) is 81.2 Å². The number of nitrogens with zero attached hydrogens (tertiary/aromatic N) is 1. The van der Waals surface area contributed by atoms with Crippen LogP contribution < -0.4 is 11.1 Å². The number of nitro benzene ring substituents is 1. The van der Waals surface area contributed by atoms with Gasteiger partial charge in [0.05, 0.1) is 4.92 Å². The molecule has 0 atom stereocenters. The highest BCUT2D eigenvalue weighted by Crippen LogP contribution is 2.33. The SMILES string of the molecule is Cc1cc(Br)cc(Nc2cccc(N)c2[N+](=O)[O-])c1. The van der Waals surface area contributed by atoms with E-state index in [0.717, 1.165) is 15.7 Å². The van der Waals surface area contributed by atoms with Crippen LogP contribution in [-0.2, 0) is 0 Å². The maximum atomic E-state index is 11.0. The third kappa shape index (κ3) is 3.03. The molecular formula is C13H12BrN3O2. The summed E-state index contributed by atoms with van der Waals surface area (Å²) in [4.78, 5) is 10.6. The predicted octanol–water partition coefficient (Wildman–Crippen LogP) is 3.99. The summed E-state index contributed by atoms with van der Waals surface area (Å²) in [6, 6.07) is 10.5. The predicted molar refractivity (Wildman–Crippen MR) is 79.7 cm³/mol. The van der Waals surface area contributed by atoms with Gasteiger partial charge >= 0.3 is 5.69 Å². The molecule has 19 heavy (non-hydrogen) atoms. The Hall–Kier alpha value is -2.08. The minimum atomic E-state index is -0.484. The molecule has 0 saturated heterocycles. The third-order valence-electron chi connectivity index (χ3n) is 2.57. The van der Waals surface area contributed by atoms with Crippen LogP contribution >= 0.6 is 15.9 Å². The molecule has 5 nitrogen and oxygen atoms in total. The average Bonchev–Trinajstić information content (AvgIpc) is 2.26. The van der Waals surface area contributed by atoms with Crippen LogP contribution in [-0.4, -0.2) is 4.92 Å². The lowest BCUT2D eigenvalue weighted by atomic mass is 10.2. The highest BCUT2D eigenvalue weighted by atomic mass is 79.9. The fourth-order valence-corrected chi connectivity index (χ4v) is 2.44. The molecule has 3 N–H and O–H groups in total. The Morgan fingerprint density at radius 1 is 1.32 bits per heavy atom. The highest BCUT2D eigenvalue weighted by Gasteiger charge is 2.17. The molecule has 0 aromatic heterocycles. The molecule has 0 saturated carbocycles. The van der Waals surface area contributed by atoms with E-state index >= 15 is 0 Å².